The number of aliphatic hydroxyl groups excluding tert-OH is 1. The molecule has 9 nitrogen and oxygen atoms in total. The number of ketones is 2. The number of anilines is 1. The van der Waals surface area contributed by atoms with Gasteiger partial charge in [-0.2, -0.15) is 0 Å². The Labute approximate surface area is 236 Å². The fraction of sp³-hybridized carbons (Fsp3) is 0.333. The highest BCUT2D eigenvalue weighted by Crippen LogP contribution is 2.45. The van der Waals surface area contributed by atoms with E-state index >= 15 is 0 Å². The van der Waals surface area contributed by atoms with Gasteiger partial charge in [-0.3, -0.25) is 19.3 Å². The molecule has 0 aliphatic carbocycles. The van der Waals surface area contributed by atoms with E-state index in [1.807, 2.05) is 6.07 Å². The average molecular weight is 563 g/mol. The van der Waals surface area contributed by atoms with Crippen molar-refractivity contribution in [2.75, 3.05) is 24.7 Å². The van der Waals surface area contributed by atoms with Gasteiger partial charge in [-0.15, -0.1) is 0 Å². The van der Waals surface area contributed by atoms with Crippen molar-refractivity contribution in [2.45, 2.75) is 46.1 Å². The molecule has 0 saturated carbocycles. The second kappa shape index (κ2) is 11.5. The molecular formula is C30H30N2O7S. The fourth-order valence-electron chi connectivity index (χ4n) is 4.82. The lowest BCUT2D eigenvalue weighted by Gasteiger charge is -2.24. The summed E-state index contributed by atoms with van der Waals surface area (Å²) in [5, 5.41) is 11.7. The van der Waals surface area contributed by atoms with Crippen LogP contribution < -0.4 is 19.1 Å². The zero-order valence-corrected chi connectivity index (χ0v) is 23.4. The number of thiazole rings is 1. The molecule has 1 fully saturated rings. The Bertz CT molecular complexity index is 1510. The van der Waals surface area contributed by atoms with E-state index < -0.39 is 17.7 Å². The Balaban J connectivity index is 1.63. The monoisotopic (exact) mass is 562 g/mol. The van der Waals surface area contributed by atoms with Crippen LogP contribution in [-0.4, -0.2) is 47.4 Å². The lowest BCUT2D eigenvalue weighted by Crippen LogP contribution is -2.29. The molecule has 2 aromatic carbocycles. The molecule has 0 bridgehead atoms. The minimum atomic E-state index is -1.00. The summed E-state index contributed by atoms with van der Waals surface area (Å²) in [6.07, 6.45) is 3.00. The normalized spacial score (nSPS) is 17.8. The Kier molecular flexibility index (Phi) is 7.88. The molecular weight excluding hydrogens is 532 g/mol. The topological polar surface area (TPSA) is 115 Å². The van der Waals surface area contributed by atoms with Crippen molar-refractivity contribution in [3.63, 3.8) is 0 Å². The zero-order chi connectivity index (χ0) is 28.4. The van der Waals surface area contributed by atoms with Crippen molar-refractivity contribution in [1.29, 1.82) is 0 Å². The van der Waals surface area contributed by atoms with Crippen molar-refractivity contribution in [3.8, 4) is 17.2 Å². The number of rotatable bonds is 9. The molecule has 208 valence electrons. The number of amides is 1. The molecule has 1 N–H and O–H groups in total. The molecule has 2 aliphatic heterocycles. The van der Waals surface area contributed by atoms with Gasteiger partial charge in [-0.1, -0.05) is 43.2 Å². The first-order chi connectivity index (χ1) is 19.3. The Morgan fingerprint density at radius 1 is 1.12 bits per heavy atom. The van der Waals surface area contributed by atoms with Gasteiger partial charge in [0.05, 0.1) is 28.8 Å². The van der Waals surface area contributed by atoms with E-state index in [9.17, 15) is 19.5 Å². The van der Waals surface area contributed by atoms with Crippen LogP contribution in [-0.2, 0) is 9.59 Å². The van der Waals surface area contributed by atoms with Gasteiger partial charge in [0.25, 0.3) is 5.78 Å². The quantitative estimate of drug-likeness (QED) is 0.117. The molecule has 1 saturated heterocycles. The molecule has 3 heterocycles. The van der Waals surface area contributed by atoms with Crippen LogP contribution in [0.5, 0.6) is 17.2 Å². The van der Waals surface area contributed by atoms with Gasteiger partial charge in [-0.25, -0.2) is 4.98 Å². The first kappa shape index (κ1) is 27.4. The maximum atomic E-state index is 13.5. The summed E-state index contributed by atoms with van der Waals surface area (Å²) < 4.78 is 17.2. The van der Waals surface area contributed by atoms with Crippen molar-refractivity contribution in [3.05, 3.63) is 69.7 Å². The van der Waals surface area contributed by atoms with Gasteiger partial charge in [0, 0.05) is 12.5 Å². The number of unbranched alkanes of at least 4 members (excludes halogenated alkanes) is 2. The van der Waals surface area contributed by atoms with Crippen LogP contribution in [0.15, 0.2) is 48.0 Å². The van der Waals surface area contributed by atoms with E-state index in [0.29, 0.717) is 58.8 Å². The lowest BCUT2D eigenvalue weighted by atomic mass is 9.95. The number of Topliss-reactive ketones (excluding diaryl/α,β-unsaturated/α-hetero) is 2. The van der Waals surface area contributed by atoms with Crippen molar-refractivity contribution >= 4 is 39.7 Å². The summed E-state index contributed by atoms with van der Waals surface area (Å²) in [5.74, 6) is -0.692. The minimum absolute atomic E-state index is 0.0953. The van der Waals surface area contributed by atoms with Crippen LogP contribution in [0.1, 0.15) is 65.6 Å². The van der Waals surface area contributed by atoms with Gasteiger partial charge in [0.15, 0.2) is 22.4 Å². The maximum Gasteiger partial charge on any atom is 0.301 e. The zero-order valence-electron chi connectivity index (χ0n) is 22.6. The predicted octanol–water partition coefficient (Wildman–Crippen LogP) is 5.62. The van der Waals surface area contributed by atoms with E-state index in [-0.39, 0.29) is 22.2 Å². The van der Waals surface area contributed by atoms with Crippen molar-refractivity contribution in [2.24, 2.45) is 0 Å². The molecule has 3 aromatic rings. The van der Waals surface area contributed by atoms with E-state index in [4.69, 9.17) is 14.2 Å². The van der Waals surface area contributed by atoms with Crippen LogP contribution in [0, 0.1) is 6.92 Å². The van der Waals surface area contributed by atoms with E-state index in [1.165, 1.54) is 11.8 Å². The molecule has 0 spiro atoms. The molecule has 10 heteroatoms. The Morgan fingerprint density at radius 2 is 1.90 bits per heavy atom. The second-order valence-electron chi connectivity index (χ2n) is 9.62. The van der Waals surface area contributed by atoms with Crippen molar-refractivity contribution in [1.82, 2.24) is 4.98 Å². The number of hydrogen-bond donors (Lipinski definition) is 1. The third-order valence-corrected chi connectivity index (χ3v) is 8.02. The van der Waals surface area contributed by atoms with Crippen LogP contribution in [0.3, 0.4) is 0 Å². The van der Waals surface area contributed by atoms with Gasteiger partial charge in [0.2, 0.25) is 0 Å². The van der Waals surface area contributed by atoms with Crippen LogP contribution in [0.25, 0.3) is 5.76 Å². The number of benzene rings is 2. The Morgan fingerprint density at radius 3 is 2.62 bits per heavy atom. The number of aliphatic hydroxyl groups is 1. The number of hydrogen-bond acceptors (Lipinski definition) is 9. The van der Waals surface area contributed by atoms with Gasteiger partial charge in [0.1, 0.15) is 24.7 Å². The first-order valence-corrected chi connectivity index (χ1v) is 14.0. The molecule has 1 amide bonds. The molecule has 5 rings (SSSR count). The molecule has 1 atom stereocenters. The number of carbonyl (C=O) groups excluding carboxylic acids is 3. The van der Waals surface area contributed by atoms with Crippen molar-refractivity contribution < 1.29 is 33.7 Å². The third kappa shape index (κ3) is 5.19. The summed E-state index contributed by atoms with van der Waals surface area (Å²) in [6.45, 7) is 6.52. The fourth-order valence-corrected chi connectivity index (χ4v) is 5.81. The van der Waals surface area contributed by atoms with Gasteiger partial charge < -0.3 is 19.3 Å². The summed E-state index contributed by atoms with van der Waals surface area (Å²) in [5.41, 5.74) is 1.23. The molecule has 1 unspecified atom stereocenters. The standard InChI is InChI=1S/C30H30N2O7S/c1-4-5-6-12-37-21-9-7-8-19(15-21)25-24(26(34)20-10-11-22-23(16-20)39-14-13-38-22)27(35)29(36)32(25)30-31-17(2)28(40-30)18(3)33/h7-11,15-16,25,34H,4-6,12-14H2,1-3H3. The summed E-state index contributed by atoms with van der Waals surface area (Å²) in [6, 6.07) is 11.0. The van der Waals surface area contributed by atoms with E-state index in [2.05, 4.69) is 11.9 Å². The Hall–Kier alpha value is -4.18. The number of ether oxygens (including phenoxy) is 3. The van der Waals surface area contributed by atoms with E-state index in [0.717, 1.165) is 30.6 Å². The molecule has 1 aromatic heterocycles. The summed E-state index contributed by atoms with van der Waals surface area (Å²) in [7, 11) is 0. The third-order valence-electron chi connectivity index (χ3n) is 6.76. The SMILES string of the molecule is CCCCCOc1cccc(C2C(=C(O)c3ccc4c(c3)OCCO4)C(=O)C(=O)N2c2nc(C)c(C(C)=O)s2)c1. The van der Waals surface area contributed by atoms with Crippen LogP contribution in [0.2, 0.25) is 0 Å². The van der Waals surface area contributed by atoms with Crippen LogP contribution >= 0.6 is 11.3 Å². The maximum absolute atomic E-state index is 13.5. The van der Waals surface area contributed by atoms with Gasteiger partial charge >= 0.3 is 5.91 Å². The van der Waals surface area contributed by atoms with Gasteiger partial charge in [-0.05, 0) is 49.2 Å². The lowest BCUT2D eigenvalue weighted by molar-refractivity contribution is -0.132. The largest absolute Gasteiger partial charge is 0.507 e. The average Bonchev–Trinajstić information content (AvgIpc) is 3.47. The predicted molar refractivity (Wildman–Crippen MR) is 151 cm³/mol. The highest BCUT2D eigenvalue weighted by molar-refractivity contribution is 7.18. The minimum Gasteiger partial charge on any atom is -0.507 e. The highest BCUT2D eigenvalue weighted by Gasteiger charge is 2.48. The summed E-state index contributed by atoms with van der Waals surface area (Å²) >= 11 is 1.04. The second-order valence-corrected chi connectivity index (χ2v) is 10.6. The van der Waals surface area contributed by atoms with Crippen LogP contribution in [0.4, 0.5) is 5.13 Å². The molecule has 40 heavy (non-hydrogen) atoms. The first-order valence-electron chi connectivity index (χ1n) is 13.2. The number of fused-ring (bicyclic) bond motifs is 1. The molecule has 0 radical (unpaired) electrons. The number of nitrogens with zero attached hydrogens (tertiary/aromatic N) is 2. The summed E-state index contributed by atoms with van der Waals surface area (Å²) in [4.78, 5) is 45.4. The highest BCUT2D eigenvalue weighted by atomic mass is 32.1. The number of aromatic nitrogens is 1. The van der Waals surface area contributed by atoms with E-state index in [1.54, 1.807) is 43.3 Å². The number of carbonyl (C=O) groups is 3. The smallest absolute Gasteiger partial charge is 0.301 e. The number of aryl methyl sites for hydroxylation is 1. The molecule has 2 aliphatic rings.